The average Bonchev–Trinajstić information content (AvgIpc) is 3.00. The summed E-state index contributed by atoms with van der Waals surface area (Å²) in [6.07, 6.45) is 3.55. The number of thioether (sulfide) groups is 1. The van der Waals surface area contributed by atoms with Crippen LogP contribution in [0.15, 0.2) is 64.5 Å². The molecule has 0 fully saturated rings. The zero-order valence-electron chi connectivity index (χ0n) is 12.6. The molecule has 1 heterocycles. The largest absolute Gasteiger partial charge is 0.269 e. The minimum atomic E-state index is -0.416. The van der Waals surface area contributed by atoms with E-state index >= 15 is 0 Å². The van der Waals surface area contributed by atoms with Crippen LogP contribution in [0.4, 0.5) is 11.4 Å². The van der Waals surface area contributed by atoms with Crippen LogP contribution >= 0.6 is 23.1 Å². The molecule has 2 aromatic carbocycles. The highest BCUT2D eigenvalue weighted by Crippen LogP contribution is 2.31. The topological polar surface area (TPSA) is 68.4 Å². The van der Waals surface area contributed by atoms with Gasteiger partial charge in [-0.15, -0.1) is 17.9 Å². The van der Waals surface area contributed by atoms with Crippen molar-refractivity contribution < 1.29 is 4.92 Å². The number of rotatable bonds is 6. The zero-order valence-corrected chi connectivity index (χ0v) is 14.2. The number of nitro groups is 1. The SMILES string of the molecule is C=CCSc1nc2ccc(N=Cc3ccc([N+](=O)[O-])cc3)cc2s1. The van der Waals surface area contributed by atoms with Gasteiger partial charge >= 0.3 is 0 Å². The second-order valence-corrected chi connectivity index (χ2v) is 7.14. The molecule has 24 heavy (non-hydrogen) atoms. The van der Waals surface area contributed by atoms with Crippen LogP contribution in [0.3, 0.4) is 0 Å². The molecule has 0 N–H and O–H groups in total. The monoisotopic (exact) mass is 355 g/mol. The number of non-ortho nitro benzene ring substituents is 1. The first-order valence-corrected chi connectivity index (χ1v) is 8.89. The predicted octanol–water partition coefficient (Wildman–Crippen LogP) is 5.23. The summed E-state index contributed by atoms with van der Waals surface area (Å²) >= 11 is 3.30. The Hall–Kier alpha value is -2.51. The maximum absolute atomic E-state index is 10.6. The fourth-order valence-electron chi connectivity index (χ4n) is 2.00. The van der Waals surface area contributed by atoms with Gasteiger partial charge in [0.15, 0.2) is 4.34 Å². The summed E-state index contributed by atoms with van der Waals surface area (Å²) in [5.74, 6) is 0.838. The lowest BCUT2D eigenvalue weighted by molar-refractivity contribution is -0.384. The van der Waals surface area contributed by atoms with E-state index in [1.165, 1.54) is 12.1 Å². The Morgan fingerprint density at radius 2 is 2.08 bits per heavy atom. The maximum atomic E-state index is 10.6. The van der Waals surface area contributed by atoms with Crippen molar-refractivity contribution in [3.63, 3.8) is 0 Å². The highest BCUT2D eigenvalue weighted by Gasteiger charge is 2.05. The molecule has 0 aliphatic rings. The molecule has 0 bridgehead atoms. The lowest BCUT2D eigenvalue weighted by Gasteiger charge is -1.95. The van der Waals surface area contributed by atoms with Crippen molar-refractivity contribution in [1.29, 1.82) is 0 Å². The van der Waals surface area contributed by atoms with Crippen LogP contribution in [0.5, 0.6) is 0 Å². The highest BCUT2D eigenvalue weighted by atomic mass is 32.2. The molecule has 3 rings (SSSR count). The quantitative estimate of drug-likeness (QED) is 0.199. The third-order valence-electron chi connectivity index (χ3n) is 3.14. The van der Waals surface area contributed by atoms with Gasteiger partial charge in [-0.3, -0.25) is 15.1 Å². The Morgan fingerprint density at radius 3 is 2.79 bits per heavy atom. The van der Waals surface area contributed by atoms with Gasteiger partial charge in [0.25, 0.3) is 5.69 Å². The molecule has 0 saturated carbocycles. The summed E-state index contributed by atoms with van der Waals surface area (Å²) in [6, 6.07) is 12.1. The Morgan fingerprint density at radius 1 is 1.29 bits per heavy atom. The summed E-state index contributed by atoms with van der Waals surface area (Å²) in [5, 5.41) is 10.6. The van der Waals surface area contributed by atoms with Crippen LogP contribution < -0.4 is 0 Å². The molecular formula is C17H13N3O2S2. The maximum Gasteiger partial charge on any atom is 0.269 e. The molecule has 0 saturated heterocycles. The smallest absolute Gasteiger partial charge is 0.258 e. The normalized spacial score (nSPS) is 11.2. The number of aliphatic imine (C=N–C) groups is 1. The van der Waals surface area contributed by atoms with E-state index in [0.717, 1.165) is 31.6 Å². The summed E-state index contributed by atoms with van der Waals surface area (Å²) in [7, 11) is 0. The van der Waals surface area contributed by atoms with Crippen LogP contribution in [0.1, 0.15) is 5.56 Å². The van der Waals surface area contributed by atoms with Crippen molar-refractivity contribution in [2.75, 3.05) is 5.75 Å². The molecule has 0 spiro atoms. The van der Waals surface area contributed by atoms with E-state index in [0.29, 0.717) is 0 Å². The zero-order chi connectivity index (χ0) is 16.9. The van der Waals surface area contributed by atoms with Crippen molar-refractivity contribution in [2.24, 2.45) is 4.99 Å². The van der Waals surface area contributed by atoms with E-state index in [1.807, 2.05) is 24.3 Å². The molecular weight excluding hydrogens is 342 g/mol. The van der Waals surface area contributed by atoms with Crippen molar-refractivity contribution in [3.8, 4) is 0 Å². The first-order chi connectivity index (χ1) is 11.7. The number of aromatic nitrogens is 1. The molecule has 0 amide bonds. The second kappa shape index (κ2) is 7.37. The number of thiazole rings is 1. The van der Waals surface area contributed by atoms with Crippen LogP contribution in [-0.4, -0.2) is 21.9 Å². The Bertz CT molecular complexity index is 917. The van der Waals surface area contributed by atoms with Crippen molar-refractivity contribution in [3.05, 3.63) is 70.8 Å². The van der Waals surface area contributed by atoms with E-state index in [9.17, 15) is 10.1 Å². The number of hydrogen-bond acceptors (Lipinski definition) is 6. The lowest BCUT2D eigenvalue weighted by Crippen LogP contribution is -1.88. The summed E-state index contributed by atoms with van der Waals surface area (Å²) in [4.78, 5) is 19.2. The van der Waals surface area contributed by atoms with Gasteiger partial charge in [-0.1, -0.05) is 17.8 Å². The van der Waals surface area contributed by atoms with E-state index in [2.05, 4.69) is 16.6 Å². The molecule has 0 unspecified atom stereocenters. The van der Waals surface area contributed by atoms with Crippen LogP contribution in [-0.2, 0) is 0 Å². The number of hydrogen-bond donors (Lipinski definition) is 0. The van der Waals surface area contributed by atoms with Crippen LogP contribution in [0.2, 0.25) is 0 Å². The fraction of sp³-hybridized carbons (Fsp3) is 0.0588. The molecule has 0 aliphatic heterocycles. The van der Waals surface area contributed by atoms with E-state index in [-0.39, 0.29) is 5.69 Å². The predicted molar refractivity (Wildman–Crippen MR) is 101 cm³/mol. The molecule has 0 atom stereocenters. The minimum Gasteiger partial charge on any atom is -0.258 e. The van der Waals surface area contributed by atoms with Gasteiger partial charge in [0.05, 0.1) is 20.8 Å². The van der Waals surface area contributed by atoms with Crippen molar-refractivity contribution in [1.82, 2.24) is 4.98 Å². The van der Waals surface area contributed by atoms with Crippen molar-refractivity contribution in [2.45, 2.75) is 4.34 Å². The standard InChI is InChI=1S/C17H13N3O2S2/c1-2-9-23-17-19-15-8-5-13(10-16(15)24-17)18-11-12-3-6-14(7-4-12)20(21)22/h2-8,10-11H,1,9H2. The highest BCUT2D eigenvalue weighted by molar-refractivity contribution is 8.01. The molecule has 120 valence electrons. The van der Waals surface area contributed by atoms with Crippen LogP contribution in [0.25, 0.3) is 10.2 Å². The van der Waals surface area contributed by atoms with Gasteiger partial charge in [0.1, 0.15) is 0 Å². The van der Waals surface area contributed by atoms with Gasteiger partial charge in [-0.05, 0) is 35.9 Å². The second-order valence-electron chi connectivity index (χ2n) is 4.84. The summed E-state index contributed by atoms with van der Waals surface area (Å²) in [5.41, 5.74) is 2.67. The minimum absolute atomic E-state index is 0.0720. The molecule has 1 aromatic heterocycles. The van der Waals surface area contributed by atoms with Gasteiger partial charge in [0.2, 0.25) is 0 Å². The summed E-state index contributed by atoms with van der Waals surface area (Å²) in [6.45, 7) is 3.71. The van der Waals surface area contributed by atoms with Gasteiger partial charge in [-0.2, -0.15) is 0 Å². The lowest BCUT2D eigenvalue weighted by atomic mass is 10.2. The Labute approximate surface area is 146 Å². The fourth-order valence-corrected chi connectivity index (χ4v) is 3.86. The van der Waals surface area contributed by atoms with Gasteiger partial charge in [-0.25, -0.2) is 4.98 Å². The third-order valence-corrected chi connectivity index (χ3v) is 5.30. The van der Waals surface area contributed by atoms with E-state index in [1.54, 1.807) is 41.4 Å². The third kappa shape index (κ3) is 3.87. The van der Waals surface area contributed by atoms with Crippen LogP contribution in [0, 0.1) is 10.1 Å². The van der Waals surface area contributed by atoms with E-state index < -0.39 is 4.92 Å². The Balaban J connectivity index is 1.78. The first kappa shape index (κ1) is 16.4. The number of nitro benzene ring substituents is 1. The average molecular weight is 355 g/mol. The van der Waals surface area contributed by atoms with E-state index in [4.69, 9.17) is 0 Å². The first-order valence-electron chi connectivity index (χ1n) is 7.08. The molecule has 7 heteroatoms. The molecule has 5 nitrogen and oxygen atoms in total. The summed E-state index contributed by atoms with van der Waals surface area (Å²) < 4.78 is 2.10. The van der Waals surface area contributed by atoms with Gasteiger partial charge in [0, 0.05) is 24.1 Å². The number of nitrogens with zero attached hydrogens (tertiary/aromatic N) is 3. The number of fused-ring (bicyclic) bond motifs is 1. The molecule has 0 aliphatic carbocycles. The molecule has 0 radical (unpaired) electrons. The Kier molecular flexibility index (Phi) is 5.02. The van der Waals surface area contributed by atoms with Crippen molar-refractivity contribution >= 4 is 50.9 Å². The molecule has 3 aromatic rings. The van der Waals surface area contributed by atoms with Gasteiger partial charge < -0.3 is 0 Å². The number of benzene rings is 2.